The standard InChI is InChI=1S/C16H26BrN3/c1-12(2)20-6-4-16(11-18,5-7-20)19-15-9-13(3)8-14(17)10-15/h8-10,12,19H,4-7,11,18H2,1-3H3. The van der Waals surface area contributed by atoms with Crippen LogP contribution < -0.4 is 11.1 Å². The number of anilines is 1. The molecule has 1 fully saturated rings. The maximum atomic E-state index is 6.09. The van der Waals surface area contributed by atoms with Crippen molar-refractivity contribution in [2.75, 3.05) is 25.0 Å². The van der Waals surface area contributed by atoms with Crippen LogP contribution in [0.15, 0.2) is 22.7 Å². The molecule has 2 rings (SSSR count). The lowest BCUT2D eigenvalue weighted by Crippen LogP contribution is -2.54. The molecule has 0 aromatic heterocycles. The van der Waals surface area contributed by atoms with Crippen molar-refractivity contribution in [2.45, 2.75) is 45.2 Å². The summed E-state index contributed by atoms with van der Waals surface area (Å²) in [6, 6.07) is 7.08. The van der Waals surface area contributed by atoms with E-state index in [0.717, 1.165) is 30.4 Å². The number of hydrogen-bond acceptors (Lipinski definition) is 3. The van der Waals surface area contributed by atoms with Crippen LogP contribution in [0, 0.1) is 6.92 Å². The monoisotopic (exact) mass is 339 g/mol. The number of nitrogens with one attached hydrogen (secondary N) is 1. The summed E-state index contributed by atoms with van der Waals surface area (Å²) in [7, 11) is 0. The molecular weight excluding hydrogens is 314 g/mol. The molecule has 0 radical (unpaired) electrons. The molecule has 20 heavy (non-hydrogen) atoms. The average molecular weight is 340 g/mol. The number of nitrogens with two attached hydrogens (primary N) is 1. The molecule has 1 aliphatic rings. The van der Waals surface area contributed by atoms with Crippen molar-refractivity contribution in [1.29, 1.82) is 0 Å². The molecule has 1 heterocycles. The first-order valence-electron chi connectivity index (χ1n) is 7.44. The van der Waals surface area contributed by atoms with Crippen LogP contribution in [-0.2, 0) is 0 Å². The van der Waals surface area contributed by atoms with Crippen molar-refractivity contribution in [1.82, 2.24) is 4.90 Å². The predicted molar refractivity (Wildman–Crippen MR) is 90.2 cm³/mol. The maximum Gasteiger partial charge on any atom is 0.0520 e. The molecule has 0 atom stereocenters. The number of likely N-dealkylation sites (tertiary alicyclic amines) is 1. The van der Waals surface area contributed by atoms with Crippen LogP contribution in [0.25, 0.3) is 0 Å². The van der Waals surface area contributed by atoms with Gasteiger partial charge in [0.2, 0.25) is 0 Å². The fourth-order valence-corrected chi connectivity index (χ4v) is 3.57. The third-order valence-electron chi connectivity index (χ3n) is 4.33. The molecule has 0 aliphatic carbocycles. The molecule has 0 unspecified atom stereocenters. The number of rotatable bonds is 4. The van der Waals surface area contributed by atoms with E-state index in [9.17, 15) is 0 Å². The van der Waals surface area contributed by atoms with E-state index in [1.807, 2.05) is 0 Å². The Labute approximate surface area is 131 Å². The topological polar surface area (TPSA) is 41.3 Å². The van der Waals surface area contributed by atoms with E-state index >= 15 is 0 Å². The molecule has 1 aromatic rings. The van der Waals surface area contributed by atoms with Crippen molar-refractivity contribution in [3.8, 4) is 0 Å². The van der Waals surface area contributed by atoms with Crippen molar-refractivity contribution < 1.29 is 0 Å². The minimum atomic E-state index is 0.0403. The molecule has 1 aliphatic heterocycles. The van der Waals surface area contributed by atoms with Crippen molar-refractivity contribution in [3.05, 3.63) is 28.2 Å². The first kappa shape index (κ1) is 15.8. The van der Waals surface area contributed by atoms with Gasteiger partial charge in [-0.2, -0.15) is 0 Å². The molecule has 3 N–H and O–H groups in total. The van der Waals surface area contributed by atoms with Gasteiger partial charge in [0.05, 0.1) is 5.54 Å². The van der Waals surface area contributed by atoms with Gasteiger partial charge in [-0.25, -0.2) is 0 Å². The summed E-state index contributed by atoms with van der Waals surface area (Å²) in [6.07, 6.45) is 2.21. The second-order valence-corrected chi connectivity index (χ2v) is 7.17. The number of aryl methyl sites for hydroxylation is 1. The summed E-state index contributed by atoms with van der Waals surface area (Å²) in [5.74, 6) is 0. The van der Waals surface area contributed by atoms with E-state index in [1.54, 1.807) is 0 Å². The Hall–Kier alpha value is -0.580. The second kappa shape index (κ2) is 6.46. The second-order valence-electron chi connectivity index (χ2n) is 6.26. The number of halogens is 1. The Morgan fingerprint density at radius 1 is 1.30 bits per heavy atom. The summed E-state index contributed by atoms with van der Waals surface area (Å²) in [5.41, 5.74) is 8.56. The fourth-order valence-electron chi connectivity index (χ4n) is 2.96. The highest BCUT2D eigenvalue weighted by Crippen LogP contribution is 2.29. The fraction of sp³-hybridized carbons (Fsp3) is 0.625. The van der Waals surface area contributed by atoms with E-state index in [0.29, 0.717) is 12.6 Å². The van der Waals surface area contributed by atoms with Gasteiger partial charge in [-0.15, -0.1) is 0 Å². The zero-order valence-corrected chi connectivity index (χ0v) is 14.3. The Kier molecular flexibility index (Phi) is 5.10. The predicted octanol–water partition coefficient (Wildman–Crippen LogP) is 3.37. The SMILES string of the molecule is Cc1cc(Br)cc(NC2(CN)CCN(C(C)C)CC2)c1. The third kappa shape index (κ3) is 3.74. The molecule has 4 heteroatoms. The zero-order valence-electron chi connectivity index (χ0n) is 12.7. The average Bonchev–Trinajstić information content (AvgIpc) is 2.38. The van der Waals surface area contributed by atoms with Gasteiger partial charge in [-0.1, -0.05) is 15.9 Å². The van der Waals surface area contributed by atoms with Crippen LogP contribution >= 0.6 is 15.9 Å². The molecule has 3 nitrogen and oxygen atoms in total. The molecular formula is C16H26BrN3. The van der Waals surface area contributed by atoms with E-state index in [1.165, 1.54) is 11.3 Å². The highest BCUT2D eigenvalue weighted by molar-refractivity contribution is 9.10. The van der Waals surface area contributed by atoms with Crippen LogP contribution in [-0.4, -0.2) is 36.1 Å². The maximum absolute atomic E-state index is 6.09. The largest absolute Gasteiger partial charge is 0.378 e. The lowest BCUT2D eigenvalue weighted by Gasteiger charge is -2.43. The smallest absolute Gasteiger partial charge is 0.0520 e. The molecule has 0 spiro atoms. The van der Waals surface area contributed by atoms with Gasteiger partial charge < -0.3 is 16.0 Å². The van der Waals surface area contributed by atoms with Crippen molar-refractivity contribution in [3.63, 3.8) is 0 Å². The van der Waals surface area contributed by atoms with Crippen LogP contribution in [0.4, 0.5) is 5.69 Å². The molecule has 1 aromatic carbocycles. The van der Waals surface area contributed by atoms with Gasteiger partial charge in [-0.3, -0.25) is 0 Å². The lowest BCUT2D eigenvalue weighted by molar-refractivity contribution is 0.144. The van der Waals surface area contributed by atoms with Crippen LogP contribution in [0.1, 0.15) is 32.3 Å². The van der Waals surface area contributed by atoms with Crippen molar-refractivity contribution in [2.24, 2.45) is 5.73 Å². The summed E-state index contributed by atoms with van der Waals surface area (Å²) in [4.78, 5) is 2.53. The van der Waals surface area contributed by atoms with Gasteiger partial charge in [0.25, 0.3) is 0 Å². The van der Waals surface area contributed by atoms with Gasteiger partial charge in [-0.05, 0) is 57.4 Å². The number of piperidine rings is 1. The quantitative estimate of drug-likeness (QED) is 0.883. The van der Waals surface area contributed by atoms with E-state index < -0.39 is 0 Å². The summed E-state index contributed by atoms with van der Waals surface area (Å²) >= 11 is 3.57. The molecule has 0 amide bonds. The molecule has 112 valence electrons. The Bertz CT molecular complexity index is 431. The van der Waals surface area contributed by atoms with Crippen molar-refractivity contribution >= 4 is 21.6 Å². The first-order chi connectivity index (χ1) is 9.44. The Balaban J connectivity index is 2.09. The highest BCUT2D eigenvalue weighted by atomic mass is 79.9. The van der Waals surface area contributed by atoms with E-state index in [2.05, 4.69) is 65.1 Å². The Morgan fingerprint density at radius 2 is 1.95 bits per heavy atom. The van der Waals surface area contributed by atoms with Gasteiger partial charge in [0, 0.05) is 35.8 Å². The van der Waals surface area contributed by atoms with Crippen LogP contribution in [0.3, 0.4) is 0 Å². The molecule has 0 bridgehead atoms. The minimum Gasteiger partial charge on any atom is -0.378 e. The molecule has 1 saturated heterocycles. The zero-order chi connectivity index (χ0) is 14.8. The summed E-state index contributed by atoms with van der Waals surface area (Å²) in [5, 5.41) is 3.70. The third-order valence-corrected chi connectivity index (χ3v) is 4.79. The van der Waals surface area contributed by atoms with Gasteiger partial charge >= 0.3 is 0 Å². The highest BCUT2D eigenvalue weighted by Gasteiger charge is 2.33. The van der Waals surface area contributed by atoms with E-state index in [-0.39, 0.29) is 5.54 Å². The van der Waals surface area contributed by atoms with Gasteiger partial charge in [0.1, 0.15) is 0 Å². The number of benzene rings is 1. The summed E-state index contributed by atoms with van der Waals surface area (Å²) in [6.45, 7) is 9.57. The number of hydrogen-bond donors (Lipinski definition) is 2. The first-order valence-corrected chi connectivity index (χ1v) is 8.23. The normalized spacial score (nSPS) is 19.3. The molecule has 0 saturated carbocycles. The number of nitrogens with zero attached hydrogens (tertiary/aromatic N) is 1. The minimum absolute atomic E-state index is 0.0403. The Morgan fingerprint density at radius 3 is 2.45 bits per heavy atom. The van der Waals surface area contributed by atoms with E-state index in [4.69, 9.17) is 5.73 Å². The van der Waals surface area contributed by atoms with Crippen LogP contribution in [0.5, 0.6) is 0 Å². The van der Waals surface area contributed by atoms with Crippen LogP contribution in [0.2, 0.25) is 0 Å². The summed E-state index contributed by atoms with van der Waals surface area (Å²) < 4.78 is 1.12. The lowest BCUT2D eigenvalue weighted by atomic mass is 9.86. The van der Waals surface area contributed by atoms with Gasteiger partial charge in [0.15, 0.2) is 0 Å².